The summed E-state index contributed by atoms with van der Waals surface area (Å²) in [4.78, 5) is 14.9. The van der Waals surface area contributed by atoms with Gasteiger partial charge in [-0.3, -0.25) is 0 Å². The highest BCUT2D eigenvalue weighted by Crippen LogP contribution is 2.46. The van der Waals surface area contributed by atoms with Gasteiger partial charge in [0.2, 0.25) is 6.71 Å². The molecule has 0 aliphatic carbocycles. The monoisotopic (exact) mass is 1060 g/mol. The first-order chi connectivity index (χ1) is 37.6. The molecular formula is C70H57BN2S4. The lowest BCUT2D eigenvalue weighted by Crippen LogP contribution is -2.56. The summed E-state index contributed by atoms with van der Waals surface area (Å²) in [5.41, 5.74) is 21.3. The fourth-order valence-corrected chi connectivity index (χ4v) is 15.8. The van der Waals surface area contributed by atoms with Crippen LogP contribution in [0.15, 0.2) is 237 Å². The van der Waals surface area contributed by atoms with Gasteiger partial charge < -0.3 is 9.80 Å². The molecule has 77 heavy (non-hydrogen) atoms. The van der Waals surface area contributed by atoms with Crippen LogP contribution in [0.3, 0.4) is 0 Å². The van der Waals surface area contributed by atoms with Crippen molar-refractivity contribution in [2.45, 2.75) is 41.5 Å². The molecule has 4 aromatic heterocycles. The number of benzene rings is 8. The predicted octanol–water partition coefficient (Wildman–Crippen LogP) is 19.6. The van der Waals surface area contributed by atoms with Crippen LogP contribution in [-0.2, 0) is 0 Å². The SMILES string of the molecule is Cc1cc(C)c(B(c2cc(-c3ccc(-c4cccc(N(c5ccccc5)c5ccccc5)c4)s3)sc2-c2ccc(-c3ccc(-c4cccc(N(c5ccccc5)c5ccccc5)c4)s3)s2)c2c(C)cc(C)cc2C)c(C)c1. The fraction of sp³-hybridized carbons (Fsp3) is 0.0857. The van der Waals surface area contributed by atoms with E-state index in [2.05, 4.69) is 288 Å². The molecule has 374 valence electrons. The van der Waals surface area contributed by atoms with E-state index in [9.17, 15) is 0 Å². The van der Waals surface area contributed by atoms with E-state index in [0.29, 0.717) is 0 Å². The van der Waals surface area contributed by atoms with Crippen LogP contribution in [-0.4, -0.2) is 6.71 Å². The van der Waals surface area contributed by atoms with Crippen LogP contribution >= 0.6 is 45.3 Å². The molecular weight excluding hydrogens is 1010 g/mol. The lowest BCUT2D eigenvalue weighted by Gasteiger charge is -2.25. The van der Waals surface area contributed by atoms with Gasteiger partial charge in [0, 0.05) is 73.1 Å². The normalized spacial score (nSPS) is 11.2. The van der Waals surface area contributed by atoms with Crippen molar-refractivity contribution in [1.29, 1.82) is 0 Å². The van der Waals surface area contributed by atoms with Crippen molar-refractivity contribution in [2.75, 3.05) is 9.80 Å². The number of hydrogen-bond acceptors (Lipinski definition) is 6. The first-order valence-corrected chi connectivity index (χ1v) is 29.5. The summed E-state index contributed by atoms with van der Waals surface area (Å²) >= 11 is 7.62. The Balaban J connectivity index is 0.952. The summed E-state index contributed by atoms with van der Waals surface area (Å²) in [5, 5.41) is 0. The highest BCUT2D eigenvalue weighted by atomic mass is 32.1. The maximum atomic E-state index is 2.55. The molecule has 0 spiro atoms. The molecule has 0 bridgehead atoms. The van der Waals surface area contributed by atoms with Crippen LogP contribution in [0.4, 0.5) is 34.1 Å². The van der Waals surface area contributed by atoms with Gasteiger partial charge in [0.1, 0.15) is 0 Å². The average molecular weight is 1070 g/mol. The topological polar surface area (TPSA) is 6.48 Å². The number of thiophene rings is 4. The number of aryl methyl sites for hydroxylation is 6. The Bertz CT molecular complexity index is 3840. The molecule has 0 amide bonds. The van der Waals surface area contributed by atoms with Crippen molar-refractivity contribution in [1.82, 2.24) is 0 Å². The minimum Gasteiger partial charge on any atom is -0.310 e. The standard InChI is InChI=1S/C70H57BN2S4/c1-46-39-48(3)68(49(4)40-46)71(69-50(5)41-47(2)42-51(69)6)60-45-67(65-36-34-62(75-65)53-22-20-32-59(44-53)73(56-27-15-9-16-28-56)57-29-17-10-18-30-57)77-70(60)66-38-37-64(76-66)63-35-33-61(74-63)52-21-19-31-58(43-52)72(54-23-11-7-12-24-54)55-25-13-8-14-26-55/h7-45H,1-6H3. The van der Waals surface area contributed by atoms with Crippen molar-refractivity contribution in [3.63, 3.8) is 0 Å². The molecule has 0 aliphatic heterocycles. The minimum atomic E-state index is 0.0341. The third-order valence-electron chi connectivity index (χ3n) is 14.5. The van der Waals surface area contributed by atoms with Gasteiger partial charge >= 0.3 is 0 Å². The predicted molar refractivity (Wildman–Crippen MR) is 340 cm³/mol. The molecule has 0 unspecified atom stereocenters. The number of anilines is 6. The van der Waals surface area contributed by atoms with E-state index in [1.54, 1.807) is 0 Å². The molecule has 8 aromatic carbocycles. The van der Waals surface area contributed by atoms with Gasteiger partial charge in [-0.15, -0.1) is 45.3 Å². The largest absolute Gasteiger partial charge is 0.310 e. The van der Waals surface area contributed by atoms with E-state index in [1.165, 1.54) is 99.9 Å². The molecule has 0 fully saturated rings. The highest BCUT2D eigenvalue weighted by Gasteiger charge is 2.33. The first-order valence-electron chi connectivity index (χ1n) is 26.2. The van der Waals surface area contributed by atoms with E-state index < -0.39 is 0 Å². The third-order valence-corrected chi connectivity index (χ3v) is 19.6. The van der Waals surface area contributed by atoms with Gasteiger partial charge in [-0.05, 0) is 173 Å². The Morgan fingerprint density at radius 3 is 0.987 bits per heavy atom. The van der Waals surface area contributed by atoms with Crippen molar-refractivity contribution >= 4 is 103 Å². The summed E-state index contributed by atoms with van der Waals surface area (Å²) in [6.07, 6.45) is 0. The second kappa shape index (κ2) is 21.7. The van der Waals surface area contributed by atoms with E-state index in [0.717, 1.165) is 34.1 Å². The van der Waals surface area contributed by atoms with E-state index >= 15 is 0 Å². The Hall–Kier alpha value is -7.78. The van der Waals surface area contributed by atoms with Gasteiger partial charge in [0.05, 0.1) is 0 Å². The number of rotatable bonds is 14. The fourth-order valence-electron chi connectivity index (χ4n) is 11.3. The summed E-state index contributed by atoms with van der Waals surface area (Å²) < 4.78 is 0. The molecule has 0 N–H and O–H groups in total. The zero-order valence-electron chi connectivity index (χ0n) is 44.1. The smallest absolute Gasteiger partial charge is 0.244 e. The van der Waals surface area contributed by atoms with Crippen LogP contribution in [0.25, 0.3) is 50.1 Å². The summed E-state index contributed by atoms with van der Waals surface area (Å²) in [6, 6.07) is 86.7. The van der Waals surface area contributed by atoms with Crippen molar-refractivity contribution in [2.24, 2.45) is 0 Å². The maximum Gasteiger partial charge on any atom is 0.244 e. The van der Waals surface area contributed by atoms with Gasteiger partial charge in [-0.2, -0.15) is 0 Å². The number of para-hydroxylation sites is 4. The molecule has 7 heteroatoms. The van der Waals surface area contributed by atoms with Gasteiger partial charge in [-0.25, -0.2) is 0 Å². The van der Waals surface area contributed by atoms with Crippen LogP contribution in [0.5, 0.6) is 0 Å². The molecule has 12 rings (SSSR count). The number of nitrogens with zero attached hydrogens (tertiary/aromatic N) is 2. The third kappa shape index (κ3) is 10.2. The Kier molecular flexibility index (Phi) is 14.1. The second-order valence-electron chi connectivity index (χ2n) is 20.1. The molecule has 0 saturated carbocycles. The van der Waals surface area contributed by atoms with Gasteiger partial charge in [-0.1, -0.05) is 166 Å². The summed E-state index contributed by atoms with van der Waals surface area (Å²) in [5.74, 6) is 0. The number of hydrogen-bond donors (Lipinski definition) is 0. The molecule has 4 heterocycles. The highest BCUT2D eigenvalue weighted by molar-refractivity contribution is 7.30. The van der Waals surface area contributed by atoms with Crippen molar-refractivity contribution in [3.05, 3.63) is 270 Å². The van der Waals surface area contributed by atoms with Gasteiger partial charge in [0.15, 0.2) is 0 Å². The Labute approximate surface area is 470 Å². The van der Waals surface area contributed by atoms with Crippen molar-refractivity contribution < 1.29 is 0 Å². The molecule has 12 aromatic rings. The van der Waals surface area contributed by atoms with Crippen LogP contribution in [0.2, 0.25) is 0 Å². The van der Waals surface area contributed by atoms with E-state index in [4.69, 9.17) is 0 Å². The Morgan fingerprint density at radius 2 is 0.597 bits per heavy atom. The van der Waals surface area contributed by atoms with Gasteiger partial charge in [0.25, 0.3) is 0 Å². The lowest BCUT2D eigenvalue weighted by molar-refractivity contribution is 1.28. The minimum absolute atomic E-state index is 0.0341. The zero-order chi connectivity index (χ0) is 52.6. The quantitative estimate of drug-likeness (QED) is 0.100. The molecule has 0 saturated heterocycles. The van der Waals surface area contributed by atoms with E-state index in [1.807, 2.05) is 45.3 Å². The lowest BCUT2D eigenvalue weighted by atomic mass is 9.34. The maximum absolute atomic E-state index is 2.55. The summed E-state index contributed by atoms with van der Waals surface area (Å²) in [6.45, 7) is 13.8. The van der Waals surface area contributed by atoms with Crippen LogP contribution < -0.4 is 26.2 Å². The molecule has 0 atom stereocenters. The molecule has 0 radical (unpaired) electrons. The van der Waals surface area contributed by atoms with Crippen LogP contribution in [0.1, 0.15) is 33.4 Å². The average Bonchev–Trinajstić information content (AvgIpc) is 4.35. The van der Waals surface area contributed by atoms with Crippen molar-refractivity contribution in [3.8, 4) is 50.1 Å². The molecule has 0 aliphatic rings. The second-order valence-corrected chi connectivity index (χ2v) is 24.4. The molecule has 2 nitrogen and oxygen atoms in total. The van der Waals surface area contributed by atoms with E-state index in [-0.39, 0.29) is 6.71 Å². The first kappa shape index (κ1) is 50.1. The Morgan fingerprint density at radius 1 is 0.273 bits per heavy atom. The summed E-state index contributed by atoms with van der Waals surface area (Å²) in [7, 11) is 0. The van der Waals surface area contributed by atoms with Crippen LogP contribution in [0, 0.1) is 41.5 Å². The zero-order valence-corrected chi connectivity index (χ0v) is 47.4.